The van der Waals surface area contributed by atoms with Gasteiger partial charge in [0.15, 0.2) is 0 Å². The van der Waals surface area contributed by atoms with Gasteiger partial charge in [0.2, 0.25) is 0 Å². The van der Waals surface area contributed by atoms with Gasteiger partial charge in [0.1, 0.15) is 0 Å². The molecule has 0 bridgehead atoms. The van der Waals surface area contributed by atoms with Crippen molar-refractivity contribution in [2.45, 2.75) is 20.3 Å². The van der Waals surface area contributed by atoms with Crippen LogP contribution in [0.1, 0.15) is 20.3 Å². The molecule has 0 spiro atoms. The summed E-state index contributed by atoms with van der Waals surface area (Å²) in [6.45, 7) is 4.07. The van der Waals surface area contributed by atoms with Gasteiger partial charge in [0.25, 0.3) is 0 Å². The lowest BCUT2D eigenvalue weighted by Gasteiger charge is -1.93. The molecule has 0 aromatic heterocycles. The molecule has 0 saturated heterocycles. The van der Waals surface area contributed by atoms with Crippen LogP contribution >= 0.6 is 8.25 Å². The molecule has 0 atom stereocenters. The molecular formula is C7H17O5P. The molecule has 0 aliphatic carbocycles. The van der Waals surface area contributed by atoms with Gasteiger partial charge in [-0.1, -0.05) is 6.92 Å². The molecule has 6 heteroatoms. The highest BCUT2D eigenvalue weighted by molar-refractivity contribution is 7.33. The van der Waals surface area contributed by atoms with E-state index < -0.39 is 8.25 Å². The van der Waals surface area contributed by atoms with Crippen molar-refractivity contribution < 1.29 is 23.1 Å². The summed E-state index contributed by atoms with van der Waals surface area (Å²) in [6.07, 6.45) is 0.480. The molecule has 0 heterocycles. The first-order valence-corrected chi connectivity index (χ1v) is 5.12. The van der Waals surface area contributed by atoms with Gasteiger partial charge >= 0.3 is 14.2 Å². The van der Waals surface area contributed by atoms with Crippen molar-refractivity contribution in [2.75, 3.05) is 20.8 Å². The lowest BCUT2D eigenvalue weighted by Crippen LogP contribution is -2.00. The zero-order valence-corrected chi connectivity index (χ0v) is 9.46. The first-order chi connectivity index (χ1) is 6.12. The number of carbonyl (C=O) groups is 1. The highest BCUT2D eigenvalue weighted by Crippen LogP contribution is 2.18. The minimum Gasteiger partial charge on any atom is -0.466 e. The summed E-state index contributed by atoms with van der Waals surface area (Å²) in [6, 6.07) is 0. The van der Waals surface area contributed by atoms with Gasteiger partial charge in [-0.2, -0.15) is 0 Å². The standard InChI is InChI=1S/C5H10O2.C2H7O3P/c1-3-5(6)7-4-2;1-4-6(3)5-2/h3-4H2,1-2H3;6H,1-2H3. The maximum Gasteiger partial charge on any atom is 0.318 e. The Bertz CT molecular complexity index is 142. The third-order valence-electron chi connectivity index (χ3n) is 0.927. The van der Waals surface area contributed by atoms with Crippen LogP contribution in [0, 0.1) is 0 Å². The summed E-state index contributed by atoms with van der Waals surface area (Å²) in [5.41, 5.74) is 0. The fourth-order valence-corrected chi connectivity index (χ4v) is 0.513. The molecule has 0 N–H and O–H groups in total. The highest BCUT2D eigenvalue weighted by Gasteiger charge is 1.91. The minimum atomic E-state index is -2.12. The quantitative estimate of drug-likeness (QED) is 0.523. The van der Waals surface area contributed by atoms with Gasteiger partial charge in [0, 0.05) is 20.6 Å². The van der Waals surface area contributed by atoms with Crippen LogP contribution in [0.2, 0.25) is 0 Å². The van der Waals surface area contributed by atoms with Gasteiger partial charge in [-0.25, -0.2) is 0 Å². The van der Waals surface area contributed by atoms with Gasteiger partial charge in [0.05, 0.1) is 6.61 Å². The molecule has 0 unspecified atom stereocenters. The topological polar surface area (TPSA) is 61.8 Å². The van der Waals surface area contributed by atoms with Crippen molar-refractivity contribution in [1.29, 1.82) is 0 Å². The molecule has 13 heavy (non-hydrogen) atoms. The van der Waals surface area contributed by atoms with Crippen molar-refractivity contribution in [3.05, 3.63) is 0 Å². The molecule has 0 aliphatic rings. The van der Waals surface area contributed by atoms with E-state index in [1.54, 1.807) is 13.8 Å². The van der Waals surface area contributed by atoms with E-state index in [0.717, 1.165) is 0 Å². The average molecular weight is 212 g/mol. The van der Waals surface area contributed by atoms with Crippen LogP contribution in [0.5, 0.6) is 0 Å². The summed E-state index contributed by atoms with van der Waals surface area (Å²) in [4.78, 5) is 10.2. The Balaban J connectivity index is 0. The predicted octanol–water partition coefficient (Wildman–Crippen LogP) is 1.63. The Morgan fingerprint density at radius 1 is 1.23 bits per heavy atom. The van der Waals surface area contributed by atoms with E-state index in [0.29, 0.717) is 13.0 Å². The Morgan fingerprint density at radius 3 is 1.77 bits per heavy atom. The SMILES string of the molecule is CCOC(=O)CC.CO[PH](=O)OC. The van der Waals surface area contributed by atoms with Gasteiger partial charge in [-0.15, -0.1) is 0 Å². The number of esters is 1. The summed E-state index contributed by atoms with van der Waals surface area (Å²) < 4.78 is 22.9. The first kappa shape index (κ1) is 15.1. The van der Waals surface area contributed by atoms with E-state index in [9.17, 15) is 9.36 Å². The molecular weight excluding hydrogens is 195 g/mol. The Morgan fingerprint density at radius 2 is 1.69 bits per heavy atom. The molecule has 0 radical (unpaired) electrons. The van der Waals surface area contributed by atoms with Gasteiger partial charge in [-0.05, 0) is 6.92 Å². The van der Waals surface area contributed by atoms with Crippen LogP contribution in [0.3, 0.4) is 0 Å². The number of ether oxygens (including phenoxy) is 1. The monoisotopic (exact) mass is 212 g/mol. The molecule has 0 amide bonds. The van der Waals surface area contributed by atoms with Crippen LogP contribution < -0.4 is 0 Å². The molecule has 0 fully saturated rings. The molecule has 5 nitrogen and oxygen atoms in total. The molecule has 80 valence electrons. The van der Waals surface area contributed by atoms with E-state index in [1.807, 2.05) is 0 Å². The second-order valence-electron chi connectivity index (χ2n) is 1.82. The van der Waals surface area contributed by atoms with Crippen LogP contribution in [-0.2, 0) is 23.1 Å². The maximum absolute atomic E-state index is 10.2. The van der Waals surface area contributed by atoms with Crippen molar-refractivity contribution in [1.82, 2.24) is 0 Å². The summed E-state index contributed by atoms with van der Waals surface area (Å²) in [5, 5.41) is 0. The highest BCUT2D eigenvalue weighted by atomic mass is 31.1. The van der Waals surface area contributed by atoms with E-state index >= 15 is 0 Å². The Hall–Kier alpha value is -0.380. The number of hydrogen-bond acceptors (Lipinski definition) is 5. The predicted molar refractivity (Wildman–Crippen MR) is 49.9 cm³/mol. The largest absolute Gasteiger partial charge is 0.466 e. The van der Waals surface area contributed by atoms with E-state index in [-0.39, 0.29) is 5.97 Å². The van der Waals surface area contributed by atoms with Crippen molar-refractivity contribution in [3.63, 3.8) is 0 Å². The van der Waals surface area contributed by atoms with E-state index in [4.69, 9.17) is 0 Å². The molecule has 0 saturated carbocycles. The van der Waals surface area contributed by atoms with Gasteiger partial charge in [-0.3, -0.25) is 9.36 Å². The second-order valence-corrected chi connectivity index (χ2v) is 3.13. The second kappa shape index (κ2) is 11.6. The van der Waals surface area contributed by atoms with Crippen LogP contribution in [0.15, 0.2) is 0 Å². The zero-order chi connectivity index (χ0) is 10.7. The normalized spacial score (nSPS) is 9.00. The van der Waals surface area contributed by atoms with Crippen LogP contribution in [-0.4, -0.2) is 26.8 Å². The third kappa shape index (κ3) is 14.5. The van der Waals surface area contributed by atoms with E-state index in [2.05, 4.69) is 13.8 Å². The summed E-state index contributed by atoms with van der Waals surface area (Å²) in [7, 11) is 0.558. The fraction of sp³-hybridized carbons (Fsp3) is 0.857. The fourth-order valence-electron chi connectivity index (χ4n) is 0.346. The first-order valence-electron chi connectivity index (χ1n) is 3.89. The van der Waals surface area contributed by atoms with Crippen LogP contribution in [0.25, 0.3) is 0 Å². The number of rotatable bonds is 4. The summed E-state index contributed by atoms with van der Waals surface area (Å²) >= 11 is 0. The summed E-state index contributed by atoms with van der Waals surface area (Å²) in [5.74, 6) is -0.123. The number of carbonyl (C=O) groups excluding carboxylic acids is 1. The smallest absolute Gasteiger partial charge is 0.318 e. The lowest BCUT2D eigenvalue weighted by molar-refractivity contribution is -0.142. The van der Waals surface area contributed by atoms with Crippen molar-refractivity contribution in [3.8, 4) is 0 Å². The molecule has 0 aliphatic heterocycles. The minimum absolute atomic E-state index is 0.123. The lowest BCUT2D eigenvalue weighted by atomic mass is 10.5. The van der Waals surface area contributed by atoms with E-state index in [1.165, 1.54) is 14.2 Å². The third-order valence-corrected chi connectivity index (χ3v) is 1.59. The van der Waals surface area contributed by atoms with Crippen molar-refractivity contribution >= 4 is 14.2 Å². The van der Waals surface area contributed by atoms with Crippen molar-refractivity contribution in [2.24, 2.45) is 0 Å². The molecule has 0 aromatic carbocycles. The zero-order valence-electron chi connectivity index (χ0n) is 8.46. The van der Waals surface area contributed by atoms with Crippen LogP contribution in [0.4, 0.5) is 0 Å². The maximum atomic E-state index is 10.2. The average Bonchev–Trinajstić information content (AvgIpc) is 2.18. The molecule has 0 aromatic rings. The Labute approximate surface area is 79.3 Å². The molecule has 0 rings (SSSR count). The Kier molecular flexibility index (Phi) is 13.5. The van der Waals surface area contributed by atoms with Gasteiger partial charge < -0.3 is 13.8 Å². The number of hydrogen-bond donors (Lipinski definition) is 0.